The van der Waals surface area contributed by atoms with E-state index in [9.17, 15) is 27.2 Å². The van der Waals surface area contributed by atoms with Crippen LogP contribution in [0.15, 0.2) is 28.7 Å². The lowest BCUT2D eigenvalue weighted by Gasteiger charge is -2.14. The van der Waals surface area contributed by atoms with Crippen molar-refractivity contribution in [2.45, 2.75) is 31.6 Å². The van der Waals surface area contributed by atoms with Crippen LogP contribution in [-0.2, 0) is 14.3 Å². The SMILES string of the molecule is O=C(CCCC(=O)Oc1ccc(Br)cc1)OCC(F)(F)C(F)F. The Labute approximate surface area is 137 Å². The quantitative estimate of drug-likeness (QED) is 0.376. The Morgan fingerprint density at radius 1 is 1.09 bits per heavy atom. The molecule has 0 radical (unpaired) electrons. The van der Waals surface area contributed by atoms with Gasteiger partial charge in [0, 0.05) is 17.3 Å². The highest BCUT2D eigenvalue weighted by Crippen LogP contribution is 2.23. The first kappa shape index (κ1) is 19.4. The molecule has 128 valence electrons. The number of ether oxygens (including phenoxy) is 2. The second-order valence-corrected chi connectivity index (χ2v) is 5.42. The number of esters is 2. The van der Waals surface area contributed by atoms with E-state index in [-0.39, 0.29) is 19.3 Å². The van der Waals surface area contributed by atoms with Crippen LogP contribution in [0.3, 0.4) is 0 Å². The third-order valence-electron chi connectivity index (χ3n) is 2.55. The van der Waals surface area contributed by atoms with Crippen LogP contribution in [-0.4, -0.2) is 30.9 Å². The summed E-state index contributed by atoms with van der Waals surface area (Å²) in [6.07, 6.45) is -4.41. The van der Waals surface area contributed by atoms with Crippen molar-refractivity contribution in [2.75, 3.05) is 6.61 Å². The molecule has 4 nitrogen and oxygen atoms in total. The Morgan fingerprint density at radius 2 is 1.65 bits per heavy atom. The first-order valence-corrected chi connectivity index (χ1v) is 7.28. The van der Waals surface area contributed by atoms with Crippen molar-refractivity contribution in [3.63, 3.8) is 0 Å². The van der Waals surface area contributed by atoms with Gasteiger partial charge in [-0.15, -0.1) is 0 Å². The van der Waals surface area contributed by atoms with E-state index >= 15 is 0 Å². The molecule has 0 saturated carbocycles. The van der Waals surface area contributed by atoms with Gasteiger partial charge >= 0.3 is 24.3 Å². The van der Waals surface area contributed by atoms with Crippen LogP contribution in [0.1, 0.15) is 19.3 Å². The number of hydrogen-bond acceptors (Lipinski definition) is 4. The molecule has 1 aromatic rings. The molecular formula is C14H13BrF4O4. The van der Waals surface area contributed by atoms with Gasteiger partial charge in [-0.3, -0.25) is 9.59 Å². The summed E-state index contributed by atoms with van der Waals surface area (Å²) in [6, 6.07) is 6.46. The maximum absolute atomic E-state index is 12.5. The maximum Gasteiger partial charge on any atom is 0.340 e. The number of hydrogen-bond donors (Lipinski definition) is 0. The predicted molar refractivity (Wildman–Crippen MR) is 75.5 cm³/mol. The van der Waals surface area contributed by atoms with Gasteiger partial charge in [0.1, 0.15) is 5.75 Å². The number of carbonyl (C=O) groups is 2. The first-order valence-electron chi connectivity index (χ1n) is 6.48. The molecule has 0 spiro atoms. The van der Waals surface area contributed by atoms with Gasteiger partial charge in [0.15, 0.2) is 6.61 Å². The van der Waals surface area contributed by atoms with Gasteiger partial charge in [-0.1, -0.05) is 15.9 Å². The van der Waals surface area contributed by atoms with Crippen LogP contribution >= 0.6 is 15.9 Å². The molecule has 0 aliphatic rings. The Bertz CT molecular complexity index is 534. The monoisotopic (exact) mass is 400 g/mol. The minimum absolute atomic E-state index is 0.00551. The molecule has 0 amide bonds. The highest BCUT2D eigenvalue weighted by molar-refractivity contribution is 9.10. The Balaban J connectivity index is 2.24. The number of rotatable bonds is 8. The molecule has 0 fully saturated rings. The lowest BCUT2D eigenvalue weighted by atomic mass is 10.2. The molecule has 0 saturated heterocycles. The van der Waals surface area contributed by atoms with E-state index in [0.717, 1.165) is 4.47 Å². The largest absolute Gasteiger partial charge is 0.459 e. The summed E-state index contributed by atoms with van der Waals surface area (Å²) in [7, 11) is 0. The zero-order valence-corrected chi connectivity index (χ0v) is 13.3. The summed E-state index contributed by atoms with van der Waals surface area (Å²) in [4.78, 5) is 22.6. The molecule has 0 aromatic heterocycles. The van der Waals surface area contributed by atoms with Crippen LogP contribution in [0, 0.1) is 0 Å². The van der Waals surface area contributed by atoms with Crippen molar-refractivity contribution in [1.82, 2.24) is 0 Å². The molecule has 0 heterocycles. The summed E-state index contributed by atoms with van der Waals surface area (Å²) < 4.78 is 58.6. The van der Waals surface area contributed by atoms with Crippen molar-refractivity contribution >= 4 is 27.9 Å². The molecule has 23 heavy (non-hydrogen) atoms. The molecule has 0 N–H and O–H groups in total. The van der Waals surface area contributed by atoms with E-state index in [2.05, 4.69) is 20.7 Å². The second kappa shape index (κ2) is 8.85. The topological polar surface area (TPSA) is 52.6 Å². The highest BCUT2D eigenvalue weighted by Gasteiger charge is 2.42. The van der Waals surface area contributed by atoms with Crippen molar-refractivity contribution in [3.8, 4) is 5.75 Å². The van der Waals surface area contributed by atoms with E-state index in [0.29, 0.717) is 5.75 Å². The van der Waals surface area contributed by atoms with Gasteiger partial charge in [0.2, 0.25) is 0 Å². The third kappa shape index (κ3) is 7.45. The molecular weight excluding hydrogens is 388 g/mol. The fourth-order valence-corrected chi connectivity index (χ4v) is 1.64. The number of alkyl halides is 4. The van der Waals surface area contributed by atoms with E-state index < -0.39 is 30.9 Å². The van der Waals surface area contributed by atoms with E-state index in [1.807, 2.05) is 0 Å². The van der Waals surface area contributed by atoms with Crippen LogP contribution in [0.4, 0.5) is 17.6 Å². The van der Waals surface area contributed by atoms with Crippen LogP contribution in [0.5, 0.6) is 5.75 Å². The Morgan fingerprint density at radius 3 is 2.22 bits per heavy atom. The first-order chi connectivity index (χ1) is 10.7. The summed E-state index contributed by atoms with van der Waals surface area (Å²) in [5.74, 6) is -5.76. The molecule has 0 aliphatic carbocycles. The Kier molecular flexibility index (Phi) is 7.47. The number of benzene rings is 1. The maximum atomic E-state index is 12.5. The molecule has 0 bridgehead atoms. The van der Waals surface area contributed by atoms with Crippen molar-refractivity contribution in [2.24, 2.45) is 0 Å². The Hall–Kier alpha value is -1.64. The fraction of sp³-hybridized carbons (Fsp3) is 0.429. The minimum atomic E-state index is -4.38. The van der Waals surface area contributed by atoms with Crippen LogP contribution < -0.4 is 4.74 Å². The average molecular weight is 401 g/mol. The molecule has 0 aliphatic heterocycles. The molecule has 0 unspecified atom stereocenters. The zero-order valence-electron chi connectivity index (χ0n) is 11.7. The smallest absolute Gasteiger partial charge is 0.340 e. The van der Waals surface area contributed by atoms with E-state index in [4.69, 9.17) is 4.74 Å². The van der Waals surface area contributed by atoms with E-state index in [1.54, 1.807) is 24.3 Å². The lowest BCUT2D eigenvalue weighted by molar-refractivity contribution is -0.179. The normalized spacial score (nSPS) is 11.4. The minimum Gasteiger partial charge on any atom is -0.459 e. The average Bonchev–Trinajstić information content (AvgIpc) is 2.47. The summed E-state index contributed by atoms with van der Waals surface area (Å²) in [5, 5.41) is 0. The van der Waals surface area contributed by atoms with Gasteiger partial charge in [0.05, 0.1) is 0 Å². The molecule has 1 rings (SSSR count). The van der Waals surface area contributed by atoms with Crippen LogP contribution in [0.25, 0.3) is 0 Å². The summed E-state index contributed by atoms with van der Waals surface area (Å²) in [6.45, 7) is -1.69. The van der Waals surface area contributed by atoms with Crippen molar-refractivity contribution < 1.29 is 36.6 Å². The second-order valence-electron chi connectivity index (χ2n) is 4.50. The predicted octanol–water partition coefficient (Wildman–Crippen LogP) is 3.97. The van der Waals surface area contributed by atoms with Crippen molar-refractivity contribution in [1.29, 1.82) is 0 Å². The third-order valence-corrected chi connectivity index (χ3v) is 3.08. The molecule has 1 aromatic carbocycles. The fourth-order valence-electron chi connectivity index (χ4n) is 1.37. The molecule has 9 heteroatoms. The molecule has 0 atom stereocenters. The lowest BCUT2D eigenvalue weighted by Crippen LogP contribution is -2.33. The van der Waals surface area contributed by atoms with Gasteiger partial charge < -0.3 is 9.47 Å². The van der Waals surface area contributed by atoms with Gasteiger partial charge in [-0.2, -0.15) is 8.78 Å². The standard InChI is InChI=1S/C14H13BrF4O4/c15-9-4-6-10(7-5-9)23-12(21)3-1-2-11(20)22-8-14(18,19)13(16)17/h4-7,13H,1-3,8H2. The summed E-state index contributed by atoms with van der Waals surface area (Å²) in [5.41, 5.74) is 0. The zero-order chi connectivity index (χ0) is 17.5. The van der Waals surface area contributed by atoms with Crippen molar-refractivity contribution in [3.05, 3.63) is 28.7 Å². The van der Waals surface area contributed by atoms with Gasteiger partial charge in [0.25, 0.3) is 0 Å². The number of carbonyl (C=O) groups excluding carboxylic acids is 2. The van der Waals surface area contributed by atoms with Gasteiger partial charge in [-0.05, 0) is 30.7 Å². The summed E-state index contributed by atoms with van der Waals surface area (Å²) >= 11 is 3.21. The highest BCUT2D eigenvalue weighted by atomic mass is 79.9. The number of halogens is 5. The van der Waals surface area contributed by atoms with Crippen LogP contribution in [0.2, 0.25) is 0 Å². The van der Waals surface area contributed by atoms with E-state index in [1.165, 1.54) is 0 Å². The van der Waals surface area contributed by atoms with Gasteiger partial charge in [-0.25, -0.2) is 8.78 Å².